The van der Waals surface area contributed by atoms with Gasteiger partial charge in [-0.15, -0.1) is 12.4 Å². The molecule has 2 aromatic rings. The van der Waals surface area contributed by atoms with Crippen molar-refractivity contribution in [2.45, 2.75) is 19.3 Å². The second-order valence-corrected chi connectivity index (χ2v) is 6.07. The molecule has 0 aliphatic carbocycles. The smallest absolute Gasteiger partial charge is 0.230 e. The van der Waals surface area contributed by atoms with Gasteiger partial charge in [0.2, 0.25) is 5.91 Å². The summed E-state index contributed by atoms with van der Waals surface area (Å²) in [5.74, 6) is -0.0834. The monoisotopic (exact) mass is 384 g/mol. The predicted octanol–water partition coefficient (Wildman–Crippen LogP) is 4.23. The maximum Gasteiger partial charge on any atom is 0.230 e. The number of anilines is 2. The first-order valence-corrected chi connectivity index (χ1v) is 8.19. The van der Waals surface area contributed by atoms with Crippen molar-refractivity contribution in [1.82, 2.24) is 0 Å². The molecule has 1 heterocycles. The van der Waals surface area contributed by atoms with Gasteiger partial charge in [0.1, 0.15) is 11.6 Å². The Kier molecular flexibility index (Phi) is 6.51. The molecular weight excluding hydrogens is 366 g/mol. The van der Waals surface area contributed by atoms with E-state index in [1.165, 1.54) is 18.2 Å². The molecule has 0 aromatic heterocycles. The summed E-state index contributed by atoms with van der Waals surface area (Å²) < 4.78 is 18.5. The fourth-order valence-electron chi connectivity index (χ4n) is 2.89. The van der Waals surface area contributed by atoms with E-state index in [0.29, 0.717) is 12.3 Å². The number of fused-ring (bicyclic) bond motifs is 1. The van der Waals surface area contributed by atoms with Crippen LogP contribution < -0.4 is 15.4 Å². The number of ether oxygens (including phenoxy) is 1. The number of benzene rings is 2. The Morgan fingerprint density at radius 2 is 2.12 bits per heavy atom. The quantitative estimate of drug-likeness (QED) is 0.802. The second kappa shape index (κ2) is 8.41. The van der Waals surface area contributed by atoms with Crippen LogP contribution in [0.25, 0.3) is 0 Å². The maximum absolute atomic E-state index is 13.0. The summed E-state index contributed by atoms with van der Waals surface area (Å²) in [5, 5.41) is 0.193. The normalized spacial score (nSPS) is 13.0. The Balaban J connectivity index is 0.00000225. The molecule has 0 unspecified atom stereocenters. The van der Waals surface area contributed by atoms with Gasteiger partial charge in [-0.1, -0.05) is 17.7 Å². The molecule has 2 aromatic carbocycles. The fourth-order valence-corrected chi connectivity index (χ4v) is 3.11. The van der Waals surface area contributed by atoms with Crippen LogP contribution in [0.1, 0.15) is 18.4 Å². The summed E-state index contributed by atoms with van der Waals surface area (Å²) in [6.45, 7) is 0.852. The minimum atomic E-state index is -0.425. The van der Waals surface area contributed by atoms with E-state index in [9.17, 15) is 9.18 Å². The summed E-state index contributed by atoms with van der Waals surface area (Å²) >= 11 is 5.90. The minimum Gasteiger partial charge on any atom is -0.491 e. The van der Waals surface area contributed by atoms with Crippen molar-refractivity contribution in [3.63, 3.8) is 0 Å². The molecule has 134 valence electrons. The lowest BCUT2D eigenvalue weighted by atomic mass is 9.99. The summed E-state index contributed by atoms with van der Waals surface area (Å²) in [4.78, 5) is 14.3. The zero-order valence-electron chi connectivity index (χ0n) is 13.5. The van der Waals surface area contributed by atoms with Crippen LogP contribution in [-0.2, 0) is 11.2 Å². The average Bonchev–Trinajstić information content (AvgIpc) is 2.56. The van der Waals surface area contributed by atoms with Crippen molar-refractivity contribution in [2.24, 2.45) is 0 Å². The number of carbonyl (C=O) groups is 1. The van der Waals surface area contributed by atoms with E-state index >= 15 is 0 Å². The molecule has 0 bridgehead atoms. The van der Waals surface area contributed by atoms with Gasteiger partial charge in [0.05, 0.1) is 18.1 Å². The standard InChI is InChI=1S/C18H18ClFN2O2.ClH/c19-14-11-12(20)6-7-17(14)24-10-8-18(23)22-9-2-3-13-15(21)4-1-5-16(13)22;/h1,4-7,11H,2-3,8-10,21H2;1H. The van der Waals surface area contributed by atoms with E-state index in [1.54, 1.807) is 4.90 Å². The lowest BCUT2D eigenvalue weighted by Gasteiger charge is -2.30. The average molecular weight is 385 g/mol. The Bertz CT molecular complexity index is 771. The number of hydrogen-bond acceptors (Lipinski definition) is 3. The van der Waals surface area contributed by atoms with Crippen molar-refractivity contribution < 1.29 is 13.9 Å². The van der Waals surface area contributed by atoms with Gasteiger partial charge < -0.3 is 15.4 Å². The summed E-state index contributed by atoms with van der Waals surface area (Å²) in [6, 6.07) is 9.54. The third-order valence-corrected chi connectivity index (χ3v) is 4.35. The number of hydrogen-bond donors (Lipinski definition) is 1. The first-order valence-electron chi connectivity index (χ1n) is 7.82. The van der Waals surface area contributed by atoms with Crippen LogP contribution in [0.15, 0.2) is 36.4 Å². The molecular formula is C18H19Cl2FN2O2. The maximum atomic E-state index is 13.0. The molecule has 2 N–H and O–H groups in total. The van der Waals surface area contributed by atoms with E-state index in [1.807, 2.05) is 18.2 Å². The van der Waals surface area contributed by atoms with E-state index in [4.69, 9.17) is 22.1 Å². The van der Waals surface area contributed by atoms with Crippen LogP contribution in [0.2, 0.25) is 5.02 Å². The van der Waals surface area contributed by atoms with Gasteiger partial charge in [-0.05, 0) is 48.7 Å². The Morgan fingerprint density at radius 3 is 2.88 bits per heavy atom. The van der Waals surface area contributed by atoms with Crippen LogP contribution in [0.3, 0.4) is 0 Å². The first kappa shape index (κ1) is 19.3. The van der Waals surface area contributed by atoms with E-state index < -0.39 is 5.82 Å². The zero-order valence-corrected chi connectivity index (χ0v) is 15.1. The molecule has 3 rings (SSSR count). The van der Waals surface area contributed by atoms with E-state index in [2.05, 4.69) is 0 Å². The van der Waals surface area contributed by atoms with Gasteiger partial charge in [0.25, 0.3) is 0 Å². The van der Waals surface area contributed by atoms with E-state index in [-0.39, 0.29) is 36.4 Å². The molecule has 0 saturated carbocycles. The number of nitrogens with two attached hydrogens (primary N) is 1. The predicted molar refractivity (Wildman–Crippen MR) is 100 cm³/mol. The first-order chi connectivity index (χ1) is 11.6. The highest BCUT2D eigenvalue weighted by Crippen LogP contribution is 2.31. The summed E-state index contributed by atoms with van der Waals surface area (Å²) in [7, 11) is 0. The van der Waals surface area contributed by atoms with Gasteiger partial charge in [0.15, 0.2) is 0 Å². The highest BCUT2D eigenvalue weighted by atomic mass is 35.5. The van der Waals surface area contributed by atoms with E-state index in [0.717, 1.165) is 29.8 Å². The Morgan fingerprint density at radius 1 is 1.32 bits per heavy atom. The lowest BCUT2D eigenvalue weighted by Crippen LogP contribution is -2.36. The van der Waals surface area contributed by atoms with Crippen molar-refractivity contribution in [3.8, 4) is 5.75 Å². The van der Waals surface area contributed by atoms with Gasteiger partial charge in [-0.2, -0.15) is 0 Å². The minimum absolute atomic E-state index is 0. The molecule has 0 saturated heterocycles. The molecule has 25 heavy (non-hydrogen) atoms. The molecule has 0 atom stereocenters. The molecule has 1 aliphatic heterocycles. The molecule has 4 nitrogen and oxygen atoms in total. The van der Waals surface area contributed by atoms with Crippen molar-refractivity contribution in [2.75, 3.05) is 23.8 Å². The molecule has 0 fully saturated rings. The number of rotatable bonds is 4. The summed E-state index contributed by atoms with van der Waals surface area (Å²) in [5.41, 5.74) is 8.63. The lowest BCUT2D eigenvalue weighted by molar-refractivity contribution is -0.119. The fraction of sp³-hybridized carbons (Fsp3) is 0.278. The topological polar surface area (TPSA) is 55.6 Å². The van der Waals surface area contributed by atoms with Gasteiger partial charge >= 0.3 is 0 Å². The molecule has 0 radical (unpaired) electrons. The molecule has 1 amide bonds. The van der Waals surface area contributed by atoms with Gasteiger partial charge in [0, 0.05) is 17.9 Å². The summed E-state index contributed by atoms with van der Waals surface area (Å²) in [6.07, 6.45) is 1.98. The molecule has 1 aliphatic rings. The Labute approximate surface area is 157 Å². The SMILES string of the molecule is Cl.Nc1cccc2c1CCCN2C(=O)CCOc1ccc(F)cc1Cl. The van der Waals surface area contributed by atoms with Crippen molar-refractivity contribution in [1.29, 1.82) is 0 Å². The van der Waals surface area contributed by atoms with Crippen LogP contribution in [0.5, 0.6) is 5.75 Å². The zero-order chi connectivity index (χ0) is 17.1. The highest BCUT2D eigenvalue weighted by Gasteiger charge is 2.23. The molecule has 7 heteroatoms. The largest absolute Gasteiger partial charge is 0.491 e. The number of nitrogens with zero attached hydrogens (tertiary/aromatic N) is 1. The third-order valence-electron chi connectivity index (χ3n) is 4.06. The number of carbonyl (C=O) groups excluding carboxylic acids is 1. The number of halogens is 3. The van der Waals surface area contributed by atoms with Crippen LogP contribution >= 0.6 is 24.0 Å². The van der Waals surface area contributed by atoms with Crippen molar-refractivity contribution in [3.05, 3.63) is 52.8 Å². The number of amides is 1. The Hall–Kier alpha value is -1.98. The third kappa shape index (κ3) is 4.35. The van der Waals surface area contributed by atoms with Gasteiger partial charge in [-0.3, -0.25) is 4.79 Å². The molecule has 0 spiro atoms. The second-order valence-electron chi connectivity index (χ2n) is 5.67. The number of nitrogen functional groups attached to an aromatic ring is 1. The van der Waals surface area contributed by atoms with Crippen LogP contribution in [0, 0.1) is 5.82 Å². The van der Waals surface area contributed by atoms with Crippen LogP contribution in [0.4, 0.5) is 15.8 Å². The highest BCUT2D eigenvalue weighted by molar-refractivity contribution is 6.32. The van der Waals surface area contributed by atoms with Crippen LogP contribution in [-0.4, -0.2) is 19.1 Å². The van der Waals surface area contributed by atoms with Gasteiger partial charge in [-0.25, -0.2) is 4.39 Å². The van der Waals surface area contributed by atoms with Crippen molar-refractivity contribution >= 4 is 41.3 Å².